The van der Waals surface area contributed by atoms with Gasteiger partial charge in [-0.2, -0.15) is 0 Å². The van der Waals surface area contributed by atoms with E-state index in [4.69, 9.17) is 4.74 Å². The van der Waals surface area contributed by atoms with Crippen molar-refractivity contribution in [1.82, 2.24) is 4.90 Å². The summed E-state index contributed by atoms with van der Waals surface area (Å²) in [6.07, 6.45) is 10.2. The number of nitrogens with zero attached hydrogens (tertiary/aromatic N) is 1. The van der Waals surface area contributed by atoms with Crippen LogP contribution in [0.15, 0.2) is 79.1 Å². The van der Waals surface area contributed by atoms with E-state index in [9.17, 15) is 5.11 Å². The van der Waals surface area contributed by atoms with E-state index in [1.165, 1.54) is 32.5 Å². The van der Waals surface area contributed by atoms with Crippen LogP contribution in [0.2, 0.25) is 0 Å². The van der Waals surface area contributed by atoms with E-state index in [0.29, 0.717) is 5.92 Å². The highest BCUT2D eigenvalue weighted by atomic mass is 32.1. The van der Waals surface area contributed by atoms with E-state index in [1.54, 1.807) is 23.5 Å². The van der Waals surface area contributed by atoms with Gasteiger partial charge in [0.15, 0.2) is 5.75 Å². The molecular weight excluding hydrogens is 426 g/mol. The SMILES string of the molecule is C=C(c1ccccc1)c1sc2cc(O)ccc2c1OC1=CCC(CCN2CC[C@H](C)C2)C=C1. The second-order valence-electron chi connectivity index (χ2n) is 9.33. The molecule has 1 saturated heterocycles. The number of rotatable bonds is 7. The summed E-state index contributed by atoms with van der Waals surface area (Å²) in [5.41, 5.74) is 2.01. The number of hydrogen-bond acceptors (Lipinski definition) is 4. The highest BCUT2D eigenvalue weighted by molar-refractivity contribution is 7.20. The standard InChI is InChI=1S/C29H31NO2S/c1-20-14-16-30(19-20)17-15-22-8-11-25(12-9-22)32-28-26-13-10-24(31)18-27(26)33-29(28)21(2)23-6-4-3-5-7-23/h3-8,10-13,18,20,22,31H,2,9,14-17,19H2,1H3/t20-,22?/m0/s1. The van der Waals surface area contributed by atoms with E-state index in [0.717, 1.165) is 49.9 Å². The van der Waals surface area contributed by atoms with Gasteiger partial charge in [-0.1, -0.05) is 49.9 Å². The van der Waals surface area contributed by atoms with Crippen LogP contribution in [0.25, 0.3) is 15.7 Å². The number of phenols is 1. The van der Waals surface area contributed by atoms with Crippen LogP contribution >= 0.6 is 11.3 Å². The third-order valence-electron chi connectivity index (χ3n) is 6.72. The first kappa shape index (κ1) is 22.0. The fourth-order valence-corrected chi connectivity index (χ4v) is 5.92. The Labute approximate surface area is 200 Å². The summed E-state index contributed by atoms with van der Waals surface area (Å²) in [5, 5.41) is 11.0. The fraction of sp³-hybridized carbons (Fsp3) is 0.310. The van der Waals surface area contributed by atoms with Crippen molar-refractivity contribution in [3.8, 4) is 11.5 Å². The molecule has 1 unspecified atom stereocenters. The summed E-state index contributed by atoms with van der Waals surface area (Å²) in [5.74, 6) is 3.39. The molecule has 3 aromatic rings. The van der Waals surface area contributed by atoms with Crippen LogP contribution < -0.4 is 4.74 Å². The number of ether oxygens (including phenoxy) is 1. The van der Waals surface area contributed by atoms with Crippen molar-refractivity contribution >= 4 is 27.0 Å². The number of thiophene rings is 1. The minimum atomic E-state index is 0.263. The maximum Gasteiger partial charge on any atom is 0.153 e. The molecule has 0 bridgehead atoms. The Balaban J connectivity index is 1.34. The van der Waals surface area contributed by atoms with Crippen LogP contribution in [-0.4, -0.2) is 29.6 Å². The molecule has 1 N–H and O–H groups in total. The van der Waals surface area contributed by atoms with Crippen LogP contribution in [0.3, 0.4) is 0 Å². The molecule has 2 heterocycles. The summed E-state index contributed by atoms with van der Waals surface area (Å²) < 4.78 is 7.49. The van der Waals surface area contributed by atoms with Crippen molar-refractivity contribution in [1.29, 1.82) is 0 Å². The van der Waals surface area contributed by atoms with Gasteiger partial charge in [0, 0.05) is 16.6 Å². The molecule has 0 amide bonds. The minimum Gasteiger partial charge on any atom is -0.508 e. The zero-order valence-corrected chi connectivity index (χ0v) is 20.0. The highest BCUT2D eigenvalue weighted by Crippen LogP contribution is 2.45. The average Bonchev–Trinajstić information content (AvgIpc) is 3.41. The summed E-state index contributed by atoms with van der Waals surface area (Å²) in [7, 11) is 0. The molecule has 5 rings (SSSR count). The van der Waals surface area contributed by atoms with Crippen LogP contribution in [0, 0.1) is 11.8 Å². The van der Waals surface area contributed by atoms with Crippen LogP contribution in [0.4, 0.5) is 0 Å². The molecule has 0 radical (unpaired) electrons. The second kappa shape index (κ2) is 9.58. The molecule has 1 aliphatic carbocycles. The molecule has 1 aromatic heterocycles. The highest BCUT2D eigenvalue weighted by Gasteiger charge is 2.21. The lowest BCUT2D eigenvalue weighted by molar-refractivity contribution is 0.305. The lowest BCUT2D eigenvalue weighted by Gasteiger charge is -2.21. The van der Waals surface area contributed by atoms with Crippen molar-refractivity contribution < 1.29 is 9.84 Å². The zero-order valence-electron chi connectivity index (χ0n) is 19.2. The quantitative estimate of drug-likeness (QED) is 0.406. The molecule has 2 atom stereocenters. The van der Waals surface area contributed by atoms with Crippen LogP contribution in [-0.2, 0) is 0 Å². The molecule has 2 aromatic carbocycles. The summed E-state index contributed by atoms with van der Waals surface area (Å²) >= 11 is 1.61. The summed E-state index contributed by atoms with van der Waals surface area (Å²) in [6, 6.07) is 15.6. The maximum atomic E-state index is 10.00. The fourth-order valence-electron chi connectivity index (χ4n) is 4.76. The van der Waals surface area contributed by atoms with Crippen molar-refractivity contribution in [2.45, 2.75) is 26.2 Å². The van der Waals surface area contributed by atoms with Crippen LogP contribution in [0.5, 0.6) is 11.5 Å². The predicted octanol–water partition coefficient (Wildman–Crippen LogP) is 7.24. The van der Waals surface area contributed by atoms with E-state index < -0.39 is 0 Å². The van der Waals surface area contributed by atoms with Crippen molar-refractivity contribution in [2.24, 2.45) is 11.8 Å². The maximum absolute atomic E-state index is 10.00. The summed E-state index contributed by atoms with van der Waals surface area (Å²) in [6.45, 7) is 10.4. The third kappa shape index (κ3) is 4.92. The molecule has 4 heteroatoms. The zero-order chi connectivity index (χ0) is 22.8. The van der Waals surface area contributed by atoms with Gasteiger partial charge < -0.3 is 14.7 Å². The van der Waals surface area contributed by atoms with Gasteiger partial charge in [0.1, 0.15) is 11.5 Å². The van der Waals surface area contributed by atoms with Crippen molar-refractivity contribution in [2.75, 3.05) is 19.6 Å². The van der Waals surface area contributed by atoms with Gasteiger partial charge in [0.25, 0.3) is 0 Å². The third-order valence-corrected chi connectivity index (χ3v) is 7.92. The molecule has 170 valence electrons. The average molecular weight is 458 g/mol. The molecule has 0 saturated carbocycles. The topological polar surface area (TPSA) is 32.7 Å². The predicted molar refractivity (Wildman–Crippen MR) is 139 cm³/mol. The molecule has 33 heavy (non-hydrogen) atoms. The Kier molecular flexibility index (Phi) is 6.39. The van der Waals surface area contributed by atoms with Gasteiger partial charge in [-0.3, -0.25) is 0 Å². The first-order chi connectivity index (χ1) is 16.1. The normalized spacial score (nSPS) is 20.8. The number of likely N-dealkylation sites (tertiary alicyclic amines) is 1. The number of benzene rings is 2. The van der Waals surface area contributed by atoms with Gasteiger partial charge >= 0.3 is 0 Å². The van der Waals surface area contributed by atoms with Gasteiger partial charge in [-0.15, -0.1) is 11.3 Å². The molecule has 2 aliphatic rings. The lowest BCUT2D eigenvalue weighted by atomic mass is 9.96. The molecular formula is C29H31NO2S. The Morgan fingerprint density at radius 3 is 2.79 bits per heavy atom. The van der Waals surface area contributed by atoms with E-state index >= 15 is 0 Å². The summed E-state index contributed by atoms with van der Waals surface area (Å²) in [4.78, 5) is 3.60. The Morgan fingerprint density at radius 1 is 1.21 bits per heavy atom. The van der Waals surface area contributed by atoms with Crippen LogP contribution in [0.1, 0.15) is 36.6 Å². The molecule has 1 fully saturated rings. The van der Waals surface area contributed by atoms with Gasteiger partial charge in [0.05, 0.1) is 4.88 Å². The number of hydrogen-bond donors (Lipinski definition) is 1. The minimum absolute atomic E-state index is 0.263. The number of phenolic OH excluding ortho intramolecular Hbond substituents is 1. The van der Waals surface area contributed by atoms with E-state index in [2.05, 4.69) is 48.8 Å². The van der Waals surface area contributed by atoms with Crippen molar-refractivity contribution in [3.63, 3.8) is 0 Å². The first-order valence-corrected chi connectivity index (χ1v) is 12.7. The van der Waals surface area contributed by atoms with Crippen molar-refractivity contribution in [3.05, 3.63) is 89.5 Å². The monoisotopic (exact) mass is 457 g/mol. The lowest BCUT2D eigenvalue weighted by Crippen LogP contribution is -2.23. The number of allylic oxidation sites excluding steroid dienone is 3. The van der Waals surface area contributed by atoms with Gasteiger partial charge in [-0.25, -0.2) is 0 Å². The Morgan fingerprint density at radius 2 is 2.06 bits per heavy atom. The molecule has 1 aliphatic heterocycles. The molecule has 0 spiro atoms. The van der Waals surface area contributed by atoms with E-state index in [-0.39, 0.29) is 5.75 Å². The smallest absolute Gasteiger partial charge is 0.153 e. The van der Waals surface area contributed by atoms with Gasteiger partial charge in [0.2, 0.25) is 0 Å². The van der Waals surface area contributed by atoms with E-state index in [1.807, 2.05) is 24.3 Å². The van der Waals surface area contributed by atoms with Gasteiger partial charge in [-0.05, 0) is 85.7 Å². The molecule has 3 nitrogen and oxygen atoms in total. The first-order valence-electron chi connectivity index (χ1n) is 11.9. The second-order valence-corrected chi connectivity index (χ2v) is 10.4. The number of aromatic hydroxyl groups is 1. The Hall–Kier alpha value is -2.82. The largest absolute Gasteiger partial charge is 0.508 e. The number of fused-ring (bicyclic) bond motifs is 1. The Bertz CT molecular complexity index is 1210.